The van der Waals surface area contributed by atoms with E-state index in [1.165, 1.54) is 22.7 Å². The van der Waals surface area contributed by atoms with Gasteiger partial charge in [0.25, 0.3) is 10.2 Å². The lowest BCUT2D eigenvalue weighted by Crippen LogP contribution is -2.45. The Morgan fingerprint density at radius 2 is 1.87 bits per heavy atom. The van der Waals surface area contributed by atoms with Gasteiger partial charge in [-0.1, -0.05) is 27.5 Å². The largest absolute Gasteiger partial charge is 0.303 e. The lowest BCUT2D eigenvalue weighted by molar-refractivity contribution is 0.172. The van der Waals surface area contributed by atoms with Crippen LogP contribution in [0.4, 0.5) is 0 Å². The second-order valence-electron chi connectivity index (χ2n) is 9.02. The highest BCUT2D eigenvalue weighted by molar-refractivity contribution is 9.10. The Hall–Kier alpha value is -0.180. The van der Waals surface area contributed by atoms with Gasteiger partial charge in [-0.25, -0.2) is 0 Å². The molecule has 170 valence electrons. The number of rotatable bonds is 8. The lowest BCUT2D eigenvalue weighted by atomic mass is 9.90. The third-order valence-corrected chi connectivity index (χ3v) is 9.50. The van der Waals surface area contributed by atoms with Crippen molar-refractivity contribution < 1.29 is 8.42 Å². The van der Waals surface area contributed by atoms with Gasteiger partial charge in [0.2, 0.25) is 0 Å². The van der Waals surface area contributed by atoms with Crippen molar-refractivity contribution in [3.05, 3.63) is 33.3 Å². The maximum absolute atomic E-state index is 12.4. The van der Waals surface area contributed by atoms with E-state index in [9.17, 15) is 8.42 Å². The molecule has 30 heavy (non-hydrogen) atoms. The number of likely N-dealkylation sites (tertiary alicyclic amines) is 1. The second kappa shape index (κ2) is 11.1. The molecule has 0 spiro atoms. The van der Waals surface area contributed by atoms with Gasteiger partial charge in [-0.15, -0.1) is 0 Å². The Morgan fingerprint density at radius 3 is 2.57 bits per heavy atom. The molecule has 1 aromatic carbocycles. The van der Waals surface area contributed by atoms with Gasteiger partial charge in [-0.05, 0) is 100 Å². The minimum Gasteiger partial charge on any atom is -0.303 e. The molecule has 1 atom stereocenters. The first-order valence-electron chi connectivity index (χ1n) is 11.1. The molecule has 0 radical (unpaired) electrons. The van der Waals surface area contributed by atoms with Gasteiger partial charge in [0.15, 0.2) is 0 Å². The van der Waals surface area contributed by atoms with E-state index in [2.05, 4.69) is 26.9 Å². The summed E-state index contributed by atoms with van der Waals surface area (Å²) in [6.07, 6.45) is 7.96. The van der Waals surface area contributed by atoms with Crippen LogP contribution >= 0.6 is 27.5 Å². The van der Waals surface area contributed by atoms with Crippen molar-refractivity contribution in [1.82, 2.24) is 13.5 Å². The fourth-order valence-corrected chi connectivity index (χ4v) is 6.56. The molecule has 0 aliphatic carbocycles. The SMILES string of the molecule is CN(C)S(=O)(=O)N1CCCC(CCCN2CCC(Cc3cc(Cl)ccc3Br)CC2)C1. The van der Waals surface area contributed by atoms with E-state index in [0.29, 0.717) is 19.0 Å². The maximum Gasteiger partial charge on any atom is 0.281 e. The topological polar surface area (TPSA) is 43.9 Å². The Bertz CT molecular complexity index is 798. The number of nitrogens with zero attached hydrogens (tertiary/aromatic N) is 3. The Morgan fingerprint density at radius 1 is 1.13 bits per heavy atom. The molecule has 0 saturated carbocycles. The molecule has 0 aromatic heterocycles. The molecule has 0 amide bonds. The van der Waals surface area contributed by atoms with Gasteiger partial charge >= 0.3 is 0 Å². The van der Waals surface area contributed by atoms with Gasteiger partial charge < -0.3 is 4.90 Å². The standard InChI is InChI=1S/C22H35BrClN3O2S/c1-25(2)30(28,29)27-12-4-6-19(17-27)5-3-11-26-13-9-18(10-14-26)15-20-16-21(24)7-8-22(20)23/h7-8,16,18-19H,3-6,9-15,17H2,1-2H3. The van der Waals surface area contributed by atoms with Crippen LogP contribution in [0.1, 0.15) is 44.1 Å². The molecule has 2 fully saturated rings. The molecular formula is C22H35BrClN3O2S. The highest BCUT2D eigenvalue weighted by atomic mass is 79.9. The normalized spacial score (nSPS) is 22.6. The van der Waals surface area contributed by atoms with Crippen molar-refractivity contribution in [2.45, 2.75) is 44.9 Å². The number of hydrogen-bond donors (Lipinski definition) is 0. The third-order valence-electron chi connectivity index (χ3n) is 6.58. The van der Waals surface area contributed by atoms with Crippen LogP contribution in [0.5, 0.6) is 0 Å². The van der Waals surface area contributed by atoms with Gasteiger partial charge in [-0.2, -0.15) is 17.0 Å². The van der Waals surface area contributed by atoms with Crippen molar-refractivity contribution in [1.29, 1.82) is 0 Å². The molecule has 2 saturated heterocycles. The van der Waals surface area contributed by atoms with Crippen LogP contribution in [0.3, 0.4) is 0 Å². The monoisotopic (exact) mass is 519 g/mol. The summed E-state index contributed by atoms with van der Waals surface area (Å²) in [5.41, 5.74) is 1.32. The quantitative estimate of drug-likeness (QED) is 0.501. The number of halogens is 2. The molecule has 5 nitrogen and oxygen atoms in total. The fourth-order valence-electron chi connectivity index (χ4n) is 4.73. The van der Waals surface area contributed by atoms with Gasteiger partial charge in [-0.3, -0.25) is 0 Å². The van der Waals surface area contributed by atoms with E-state index in [1.54, 1.807) is 18.4 Å². The van der Waals surface area contributed by atoms with E-state index in [4.69, 9.17) is 11.6 Å². The van der Waals surface area contributed by atoms with Crippen LogP contribution in [0.25, 0.3) is 0 Å². The fraction of sp³-hybridized carbons (Fsp3) is 0.727. The van der Waals surface area contributed by atoms with Crippen LogP contribution < -0.4 is 0 Å². The van der Waals surface area contributed by atoms with Crippen molar-refractivity contribution >= 4 is 37.7 Å². The summed E-state index contributed by atoms with van der Waals surface area (Å²) in [5, 5.41) is 0.810. The Balaban J connectivity index is 1.37. The summed E-state index contributed by atoms with van der Waals surface area (Å²) in [4.78, 5) is 2.58. The van der Waals surface area contributed by atoms with Crippen LogP contribution in [0, 0.1) is 11.8 Å². The average Bonchev–Trinajstić information content (AvgIpc) is 2.72. The van der Waals surface area contributed by atoms with E-state index < -0.39 is 10.2 Å². The first-order valence-corrected chi connectivity index (χ1v) is 13.7. The van der Waals surface area contributed by atoms with Crippen molar-refractivity contribution in [2.75, 3.05) is 46.8 Å². The zero-order chi connectivity index (χ0) is 21.7. The smallest absolute Gasteiger partial charge is 0.281 e. The summed E-state index contributed by atoms with van der Waals surface area (Å²) < 4.78 is 28.9. The first kappa shape index (κ1) is 24.5. The summed E-state index contributed by atoms with van der Waals surface area (Å²) in [6, 6.07) is 6.06. The van der Waals surface area contributed by atoms with Crippen LogP contribution in [-0.2, 0) is 16.6 Å². The van der Waals surface area contributed by atoms with Crippen LogP contribution in [0.15, 0.2) is 22.7 Å². The van der Waals surface area contributed by atoms with Gasteiger partial charge in [0, 0.05) is 36.7 Å². The zero-order valence-electron chi connectivity index (χ0n) is 18.2. The number of hydrogen-bond acceptors (Lipinski definition) is 3. The summed E-state index contributed by atoms with van der Waals surface area (Å²) in [5.74, 6) is 1.21. The Labute approximate surface area is 196 Å². The highest BCUT2D eigenvalue weighted by Crippen LogP contribution is 2.29. The molecule has 2 heterocycles. The van der Waals surface area contributed by atoms with E-state index in [1.807, 2.05) is 12.1 Å². The minimum absolute atomic E-state index is 0.492. The lowest BCUT2D eigenvalue weighted by Gasteiger charge is -2.35. The number of benzene rings is 1. The number of piperidine rings is 2. The molecule has 0 bridgehead atoms. The molecule has 8 heteroatoms. The van der Waals surface area contributed by atoms with E-state index in [-0.39, 0.29) is 0 Å². The van der Waals surface area contributed by atoms with Crippen molar-refractivity contribution in [2.24, 2.45) is 11.8 Å². The summed E-state index contributed by atoms with van der Waals surface area (Å²) in [6.45, 7) is 4.79. The molecule has 2 aliphatic heterocycles. The Kier molecular flexibility index (Phi) is 9.05. The maximum atomic E-state index is 12.4. The zero-order valence-corrected chi connectivity index (χ0v) is 21.4. The average molecular weight is 521 g/mol. The molecule has 1 aromatic rings. The molecule has 3 rings (SSSR count). The molecule has 0 N–H and O–H groups in total. The molecule has 2 aliphatic rings. The van der Waals surface area contributed by atoms with Gasteiger partial charge in [0.1, 0.15) is 0 Å². The van der Waals surface area contributed by atoms with Crippen molar-refractivity contribution in [3.63, 3.8) is 0 Å². The minimum atomic E-state index is -3.27. The summed E-state index contributed by atoms with van der Waals surface area (Å²) in [7, 11) is -0.0342. The van der Waals surface area contributed by atoms with Crippen molar-refractivity contribution in [3.8, 4) is 0 Å². The highest BCUT2D eigenvalue weighted by Gasteiger charge is 2.30. The van der Waals surface area contributed by atoms with Gasteiger partial charge in [0.05, 0.1) is 0 Å². The van der Waals surface area contributed by atoms with Crippen LogP contribution in [0.2, 0.25) is 5.02 Å². The third kappa shape index (κ3) is 6.66. The predicted octanol–water partition coefficient (Wildman–Crippen LogP) is 4.66. The molecular weight excluding hydrogens is 486 g/mol. The van der Waals surface area contributed by atoms with Crippen LogP contribution in [-0.4, -0.2) is 68.7 Å². The first-order chi connectivity index (χ1) is 14.3. The second-order valence-corrected chi connectivity index (χ2v) is 12.5. The molecule has 1 unspecified atom stereocenters. The van der Waals surface area contributed by atoms with E-state index in [0.717, 1.165) is 67.2 Å². The van der Waals surface area contributed by atoms with E-state index >= 15 is 0 Å². The predicted molar refractivity (Wildman–Crippen MR) is 128 cm³/mol. The summed E-state index contributed by atoms with van der Waals surface area (Å²) >= 11 is 9.81.